The first-order valence-electron chi connectivity index (χ1n) is 13.5. The highest BCUT2D eigenvalue weighted by molar-refractivity contribution is 6.14. The number of anilines is 2. The summed E-state index contributed by atoms with van der Waals surface area (Å²) in [5, 5.41) is 13.0. The van der Waals surface area contributed by atoms with E-state index in [1.807, 2.05) is 0 Å². The van der Waals surface area contributed by atoms with Gasteiger partial charge >= 0.3 is 6.09 Å². The van der Waals surface area contributed by atoms with Crippen molar-refractivity contribution in [2.24, 2.45) is 0 Å². The molecule has 0 aliphatic carbocycles. The number of nitriles is 1. The third-order valence-corrected chi connectivity index (χ3v) is 7.23. The normalized spacial score (nSPS) is 19.4. The summed E-state index contributed by atoms with van der Waals surface area (Å²) in [6.07, 6.45) is -1.47. The summed E-state index contributed by atoms with van der Waals surface area (Å²) < 4.78 is 55.5. The molecule has 2 aliphatic rings. The number of fused-ring (bicyclic) bond motifs is 1. The lowest BCUT2D eigenvalue weighted by atomic mass is 9.93. The van der Waals surface area contributed by atoms with Crippen molar-refractivity contribution in [2.75, 3.05) is 23.9 Å². The van der Waals surface area contributed by atoms with Crippen LogP contribution in [-0.4, -0.2) is 59.3 Å². The number of rotatable bonds is 4. The second-order valence-electron chi connectivity index (χ2n) is 11.6. The zero-order chi connectivity index (χ0) is 31.3. The number of halogens is 3. The maximum absolute atomic E-state index is 15.1. The Labute approximate surface area is 246 Å². The van der Waals surface area contributed by atoms with Crippen LogP contribution in [0.25, 0.3) is 11.1 Å². The Morgan fingerprint density at radius 1 is 1.16 bits per heavy atom. The first-order valence-corrected chi connectivity index (χ1v) is 13.5. The van der Waals surface area contributed by atoms with Crippen LogP contribution in [0.3, 0.4) is 0 Å². The van der Waals surface area contributed by atoms with Crippen molar-refractivity contribution in [3.63, 3.8) is 0 Å². The molecule has 2 aliphatic heterocycles. The van der Waals surface area contributed by atoms with E-state index in [0.717, 1.165) is 21.6 Å². The van der Waals surface area contributed by atoms with Gasteiger partial charge in [0.1, 0.15) is 11.8 Å². The molecule has 2 unspecified atom stereocenters. The van der Waals surface area contributed by atoms with E-state index in [9.17, 15) is 19.2 Å². The molecular formula is C31H30F3N5O4. The molecule has 1 fully saturated rings. The number of alkyl halides is 2. The molecule has 0 spiro atoms. The minimum Gasteiger partial charge on any atom is -0.494 e. The van der Waals surface area contributed by atoms with Crippen LogP contribution in [0.5, 0.6) is 5.75 Å². The van der Waals surface area contributed by atoms with Gasteiger partial charge in [-0.05, 0) is 58.0 Å². The maximum atomic E-state index is 15.1. The number of hydrogen-bond acceptors (Lipinski definition) is 7. The molecule has 0 bridgehead atoms. The Morgan fingerprint density at radius 2 is 1.88 bits per heavy atom. The number of aryl methyl sites for hydroxylation is 1. The fraction of sp³-hybridized carbons (Fsp3) is 0.355. The molecule has 2 amide bonds. The van der Waals surface area contributed by atoms with Crippen molar-refractivity contribution in [2.45, 2.75) is 57.8 Å². The number of carbonyl (C=O) groups excluding carboxylic acids is 2. The molecule has 12 heteroatoms. The largest absolute Gasteiger partial charge is 0.494 e. The molecule has 0 radical (unpaired) electrons. The predicted molar refractivity (Wildman–Crippen MR) is 153 cm³/mol. The van der Waals surface area contributed by atoms with Crippen molar-refractivity contribution in [3.8, 4) is 22.9 Å². The number of ether oxygens (including phenoxy) is 2. The van der Waals surface area contributed by atoms with Gasteiger partial charge < -0.3 is 14.8 Å². The Bertz CT molecular complexity index is 1630. The summed E-state index contributed by atoms with van der Waals surface area (Å²) in [6, 6.07) is 11.0. The molecule has 224 valence electrons. The lowest BCUT2D eigenvalue weighted by molar-refractivity contribution is -0.00254. The Hall–Kier alpha value is -4.79. The summed E-state index contributed by atoms with van der Waals surface area (Å²) >= 11 is 0. The molecule has 3 aromatic rings. The average molecular weight is 594 g/mol. The second-order valence-corrected chi connectivity index (χ2v) is 11.6. The van der Waals surface area contributed by atoms with Gasteiger partial charge in [-0.15, -0.1) is 0 Å². The fourth-order valence-electron chi connectivity index (χ4n) is 5.36. The van der Waals surface area contributed by atoms with Crippen LogP contribution in [0.15, 0.2) is 48.7 Å². The van der Waals surface area contributed by atoms with Gasteiger partial charge in [-0.25, -0.2) is 18.0 Å². The zero-order valence-electron chi connectivity index (χ0n) is 24.2. The molecule has 2 atom stereocenters. The van der Waals surface area contributed by atoms with Gasteiger partial charge in [-0.2, -0.15) is 5.26 Å². The number of aromatic nitrogens is 1. The number of amides is 2. The number of pyridine rings is 1. The minimum absolute atomic E-state index is 0.0340. The Balaban J connectivity index is 1.71. The number of nitrogens with one attached hydrogen (secondary N) is 1. The minimum atomic E-state index is -3.29. The Kier molecular flexibility index (Phi) is 7.46. The van der Waals surface area contributed by atoms with E-state index in [2.05, 4.69) is 16.4 Å². The van der Waals surface area contributed by atoms with E-state index in [0.29, 0.717) is 11.1 Å². The van der Waals surface area contributed by atoms with E-state index in [4.69, 9.17) is 9.47 Å². The summed E-state index contributed by atoms with van der Waals surface area (Å²) in [7, 11) is 1.29. The van der Waals surface area contributed by atoms with Crippen LogP contribution >= 0.6 is 0 Å². The number of carbonyl (C=O) groups is 2. The van der Waals surface area contributed by atoms with Gasteiger partial charge in [0, 0.05) is 41.2 Å². The third kappa shape index (κ3) is 5.80. The summed E-state index contributed by atoms with van der Waals surface area (Å²) in [5.74, 6) is -4.84. The Morgan fingerprint density at radius 3 is 2.49 bits per heavy atom. The van der Waals surface area contributed by atoms with Crippen LogP contribution in [0.4, 0.5) is 29.3 Å². The van der Waals surface area contributed by atoms with Crippen LogP contribution in [0.2, 0.25) is 0 Å². The van der Waals surface area contributed by atoms with Crippen molar-refractivity contribution in [1.82, 2.24) is 9.88 Å². The SMILES string of the molecule is COc1ccc(N2C(=O)c3cc(C#N)cc(-c4ccc(C)nc4)c3NC2C2CC(F)(F)CN2C(=O)OC(C)(C)C)cc1F. The highest BCUT2D eigenvalue weighted by Crippen LogP contribution is 2.43. The number of benzene rings is 2. The number of methoxy groups -OCH3 is 1. The predicted octanol–water partition coefficient (Wildman–Crippen LogP) is 6.12. The van der Waals surface area contributed by atoms with Crippen molar-refractivity contribution in [3.05, 3.63) is 71.3 Å². The standard InChI is InChI=1S/C31H30F3N5O4/c1-17-6-7-19(15-36-17)21-10-18(14-35)11-22-26(21)37-27(39(28(22)40)20-8-9-25(42-5)23(32)12-20)24-13-31(33,34)16-38(24)29(41)43-30(2,3)4/h6-12,15,24,27,37H,13,16H2,1-5H3. The molecule has 1 aromatic heterocycles. The van der Waals surface area contributed by atoms with Gasteiger partial charge in [0.05, 0.1) is 42.6 Å². The van der Waals surface area contributed by atoms with E-state index in [-0.39, 0.29) is 28.3 Å². The highest BCUT2D eigenvalue weighted by atomic mass is 19.3. The average Bonchev–Trinajstić information content (AvgIpc) is 3.27. The first kappa shape index (κ1) is 29.7. The van der Waals surface area contributed by atoms with Gasteiger partial charge in [0.2, 0.25) is 0 Å². The molecule has 3 heterocycles. The zero-order valence-corrected chi connectivity index (χ0v) is 24.2. The summed E-state index contributed by atoms with van der Waals surface area (Å²) in [4.78, 5) is 33.9. The number of likely N-dealkylation sites (tertiary alicyclic amines) is 1. The van der Waals surface area contributed by atoms with Gasteiger partial charge in [0.15, 0.2) is 11.6 Å². The van der Waals surface area contributed by atoms with E-state index in [1.165, 1.54) is 25.3 Å². The highest BCUT2D eigenvalue weighted by Gasteiger charge is 2.54. The maximum Gasteiger partial charge on any atom is 0.410 e. The first-order chi connectivity index (χ1) is 20.2. The summed E-state index contributed by atoms with van der Waals surface area (Å²) in [6.45, 7) is 5.73. The number of nitrogens with zero attached hydrogens (tertiary/aromatic N) is 4. The van der Waals surface area contributed by atoms with E-state index >= 15 is 8.78 Å². The van der Waals surface area contributed by atoms with Gasteiger partial charge in [-0.3, -0.25) is 19.6 Å². The van der Waals surface area contributed by atoms with Crippen LogP contribution in [0, 0.1) is 24.1 Å². The monoisotopic (exact) mass is 593 g/mol. The molecule has 5 rings (SSSR count). The lowest BCUT2D eigenvalue weighted by Gasteiger charge is -2.43. The smallest absolute Gasteiger partial charge is 0.410 e. The topological polar surface area (TPSA) is 108 Å². The van der Waals surface area contributed by atoms with Crippen molar-refractivity contribution < 1.29 is 32.2 Å². The third-order valence-electron chi connectivity index (χ3n) is 7.23. The number of hydrogen-bond donors (Lipinski definition) is 1. The van der Waals surface area contributed by atoms with Crippen molar-refractivity contribution >= 4 is 23.4 Å². The molecule has 43 heavy (non-hydrogen) atoms. The quantitative estimate of drug-likeness (QED) is 0.388. The summed E-state index contributed by atoms with van der Waals surface area (Å²) in [5.41, 5.74) is 1.32. The second kappa shape index (κ2) is 10.8. The molecular weight excluding hydrogens is 563 g/mol. The van der Waals surface area contributed by atoms with Gasteiger partial charge in [-0.1, -0.05) is 6.07 Å². The lowest BCUT2D eigenvalue weighted by Crippen LogP contribution is -2.59. The molecule has 0 saturated carbocycles. The van der Waals surface area contributed by atoms with Crippen LogP contribution < -0.4 is 15.0 Å². The fourth-order valence-corrected chi connectivity index (χ4v) is 5.36. The molecule has 1 N–H and O–H groups in total. The van der Waals surface area contributed by atoms with Crippen LogP contribution in [0.1, 0.15) is 48.8 Å². The van der Waals surface area contributed by atoms with Crippen LogP contribution in [-0.2, 0) is 4.74 Å². The molecule has 9 nitrogen and oxygen atoms in total. The van der Waals surface area contributed by atoms with Gasteiger partial charge in [0.25, 0.3) is 11.8 Å². The van der Waals surface area contributed by atoms with Crippen molar-refractivity contribution in [1.29, 1.82) is 5.26 Å². The molecule has 1 saturated heterocycles. The molecule has 2 aromatic carbocycles. The van der Waals surface area contributed by atoms with E-state index in [1.54, 1.807) is 52.1 Å². The van der Waals surface area contributed by atoms with E-state index < -0.39 is 54.5 Å².